The minimum Gasteiger partial charge on any atom is -0.494 e. The summed E-state index contributed by atoms with van der Waals surface area (Å²) in [7, 11) is 1.11. The van der Waals surface area contributed by atoms with Gasteiger partial charge in [0.25, 0.3) is 5.78 Å². The lowest BCUT2D eigenvalue weighted by Gasteiger charge is -2.09. The minimum atomic E-state index is -5.10. The van der Waals surface area contributed by atoms with Crippen molar-refractivity contribution >= 4 is 28.4 Å². The van der Waals surface area contributed by atoms with Gasteiger partial charge in [-0.3, -0.25) is 4.79 Å². The third-order valence-electron chi connectivity index (χ3n) is 1.73. The number of rotatable bonds is 2. The summed E-state index contributed by atoms with van der Waals surface area (Å²) in [5.41, 5.74) is -1.03. The van der Waals surface area contributed by atoms with Crippen molar-refractivity contribution in [1.29, 1.82) is 0 Å². The second-order valence-corrected chi connectivity index (χ2v) is 4.04. The Morgan fingerprint density at radius 1 is 1.38 bits per heavy atom. The Labute approximate surface area is 102 Å². The third kappa shape index (κ3) is 2.63. The molecule has 0 radical (unpaired) electrons. The highest BCUT2D eigenvalue weighted by molar-refractivity contribution is 14.1. The van der Waals surface area contributed by atoms with Crippen LogP contribution in [-0.2, 0) is 0 Å². The van der Waals surface area contributed by atoms with Gasteiger partial charge in [0.2, 0.25) is 0 Å². The number of carbonyl (C=O) groups excluding carboxylic acids is 1. The van der Waals surface area contributed by atoms with Crippen LogP contribution in [0.5, 0.6) is 5.75 Å². The Bertz CT molecular complexity index is 428. The van der Waals surface area contributed by atoms with E-state index in [0.717, 1.165) is 13.2 Å². The Hall–Kier alpha value is -0.860. The topological polar surface area (TPSA) is 26.3 Å². The van der Waals surface area contributed by atoms with E-state index < -0.39 is 23.3 Å². The molecule has 0 aliphatic heterocycles. The predicted molar refractivity (Wildman–Crippen MR) is 56.1 cm³/mol. The van der Waals surface area contributed by atoms with Crippen LogP contribution in [0.25, 0.3) is 0 Å². The molecule has 88 valence electrons. The number of alkyl halides is 3. The normalized spacial score (nSPS) is 11.4. The maximum atomic E-state index is 13.4. The van der Waals surface area contributed by atoms with Crippen molar-refractivity contribution in [3.63, 3.8) is 0 Å². The van der Waals surface area contributed by atoms with Gasteiger partial charge in [-0.2, -0.15) is 13.2 Å². The molecule has 0 N–H and O–H groups in total. The van der Waals surface area contributed by atoms with Gasteiger partial charge in [0, 0.05) is 3.57 Å². The van der Waals surface area contributed by atoms with Gasteiger partial charge in [-0.15, -0.1) is 0 Å². The highest BCUT2D eigenvalue weighted by Crippen LogP contribution is 2.29. The van der Waals surface area contributed by atoms with Crippen LogP contribution < -0.4 is 4.74 Å². The van der Waals surface area contributed by atoms with Gasteiger partial charge in [-0.1, -0.05) is 0 Å². The summed E-state index contributed by atoms with van der Waals surface area (Å²) in [6.07, 6.45) is -5.10. The van der Waals surface area contributed by atoms with E-state index in [1.54, 1.807) is 22.6 Å². The molecule has 0 aromatic heterocycles. The lowest BCUT2D eigenvalue weighted by atomic mass is 10.1. The number of carbonyl (C=O) groups is 1. The van der Waals surface area contributed by atoms with Crippen LogP contribution in [0.4, 0.5) is 17.6 Å². The molecule has 2 nitrogen and oxygen atoms in total. The first-order valence-corrected chi connectivity index (χ1v) is 4.99. The van der Waals surface area contributed by atoms with E-state index in [4.69, 9.17) is 0 Å². The average molecular weight is 348 g/mol. The molecule has 0 aliphatic carbocycles. The molecule has 16 heavy (non-hydrogen) atoms. The number of halogens is 5. The number of ether oxygens (including phenoxy) is 1. The number of benzene rings is 1. The molecule has 0 heterocycles. The highest BCUT2D eigenvalue weighted by atomic mass is 127. The van der Waals surface area contributed by atoms with E-state index in [0.29, 0.717) is 0 Å². The highest BCUT2D eigenvalue weighted by Gasteiger charge is 2.41. The van der Waals surface area contributed by atoms with Crippen LogP contribution in [0, 0.1) is 9.39 Å². The summed E-state index contributed by atoms with van der Waals surface area (Å²) in [5.74, 6) is -3.91. The van der Waals surface area contributed by atoms with Crippen LogP contribution in [0.1, 0.15) is 10.4 Å². The summed E-state index contributed by atoms with van der Waals surface area (Å²) in [6.45, 7) is 0. The first-order chi connectivity index (χ1) is 7.27. The summed E-state index contributed by atoms with van der Waals surface area (Å²) in [4.78, 5) is 10.9. The molecule has 0 unspecified atom stereocenters. The molecular weight excluding hydrogens is 343 g/mol. The van der Waals surface area contributed by atoms with Crippen LogP contribution >= 0.6 is 22.6 Å². The number of methoxy groups -OCH3 is 1. The molecular formula is C9H5F4IO2. The summed E-state index contributed by atoms with van der Waals surface area (Å²) < 4.78 is 54.6. The standard InChI is InChI=1S/C9H5F4IO2/c1-16-6-3-4(14)2-5(7(6)10)8(15)9(11,12)13/h2-3H,1H3. The van der Waals surface area contributed by atoms with Gasteiger partial charge in [-0.05, 0) is 34.7 Å². The maximum Gasteiger partial charge on any atom is 0.454 e. The quantitative estimate of drug-likeness (QED) is 0.466. The number of hydrogen-bond acceptors (Lipinski definition) is 2. The molecule has 0 saturated heterocycles. The molecule has 1 aromatic carbocycles. The largest absolute Gasteiger partial charge is 0.494 e. The zero-order valence-electron chi connectivity index (χ0n) is 7.86. The first kappa shape index (κ1) is 13.2. The Balaban J connectivity index is 3.34. The smallest absolute Gasteiger partial charge is 0.454 e. The number of Topliss-reactive ketones (excluding diaryl/α,β-unsaturated/α-hetero) is 1. The van der Waals surface area contributed by atoms with E-state index in [-0.39, 0.29) is 9.32 Å². The van der Waals surface area contributed by atoms with Crippen molar-refractivity contribution < 1.29 is 27.1 Å². The summed E-state index contributed by atoms with van der Waals surface area (Å²) in [5, 5.41) is 0. The van der Waals surface area contributed by atoms with Crippen molar-refractivity contribution in [2.45, 2.75) is 6.18 Å². The number of ketones is 1. The molecule has 0 fully saturated rings. The molecule has 7 heteroatoms. The molecule has 1 aromatic rings. The van der Waals surface area contributed by atoms with Gasteiger partial charge in [0.05, 0.1) is 12.7 Å². The molecule has 0 atom stereocenters. The molecule has 0 amide bonds. The van der Waals surface area contributed by atoms with Crippen molar-refractivity contribution in [2.75, 3.05) is 7.11 Å². The van der Waals surface area contributed by atoms with E-state index in [1.807, 2.05) is 0 Å². The fraction of sp³-hybridized carbons (Fsp3) is 0.222. The second kappa shape index (κ2) is 4.56. The zero-order valence-corrected chi connectivity index (χ0v) is 10.0. The van der Waals surface area contributed by atoms with E-state index in [1.165, 1.54) is 6.07 Å². The van der Waals surface area contributed by atoms with Crippen LogP contribution in [0.3, 0.4) is 0 Å². The third-order valence-corrected chi connectivity index (χ3v) is 2.35. The molecule has 0 spiro atoms. The van der Waals surface area contributed by atoms with E-state index in [9.17, 15) is 22.4 Å². The van der Waals surface area contributed by atoms with Gasteiger partial charge in [0.15, 0.2) is 11.6 Å². The summed E-state index contributed by atoms with van der Waals surface area (Å²) >= 11 is 1.67. The van der Waals surface area contributed by atoms with Crippen molar-refractivity contribution in [3.05, 3.63) is 27.1 Å². The van der Waals surface area contributed by atoms with Gasteiger partial charge in [-0.25, -0.2) is 4.39 Å². The molecule has 0 aliphatic rings. The summed E-state index contributed by atoms with van der Waals surface area (Å²) in [6, 6.07) is 2.03. The van der Waals surface area contributed by atoms with Crippen molar-refractivity contribution in [3.8, 4) is 5.75 Å². The Kier molecular flexibility index (Phi) is 3.76. The molecule has 0 saturated carbocycles. The number of hydrogen-bond donors (Lipinski definition) is 0. The van der Waals surface area contributed by atoms with E-state index >= 15 is 0 Å². The predicted octanol–water partition coefficient (Wildman–Crippen LogP) is 3.18. The van der Waals surface area contributed by atoms with E-state index in [2.05, 4.69) is 4.74 Å². The van der Waals surface area contributed by atoms with Crippen LogP contribution in [-0.4, -0.2) is 19.1 Å². The van der Waals surface area contributed by atoms with Crippen molar-refractivity contribution in [2.24, 2.45) is 0 Å². The molecule has 1 rings (SSSR count). The van der Waals surface area contributed by atoms with Gasteiger partial charge < -0.3 is 4.74 Å². The Morgan fingerprint density at radius 2 is 1.94 bits per heavy atom. The SMILES string of the molecule is COc1cc(I)cc(C(=O)C(F)(F)F)c1F. The zero-order chi connectivity index (χ0) is 12.5. The fourth-order valence-corrected chi connectivity index (χ4v) is 1.62. The van der Waals surface area contributed by atoms with Crippen LogP contribution in [0.2, 0.25) is 0 Å². The minimum absolute atomic E-state index is 0.281. The maximum absolute atomic E-state index is 13.4. The molecule has 0 bridgehead atoms. The Morgan fingerprint density at radius 3 is 2.38 bits per heavy atom. The lowest BCUT2D eigenvalue weighted by molar-refractivity contribution is -0.0887. The van der Waals surface area contributed by atoms with Gasteiger partial charge in [0.1, 0.15) is 0 Å². The monoisotopic (exact) mass is 348 g/mol. The average Bonchev–Trinajstić information content (AvgIpc) is 2.18. The van der Waals surface area contributed by atoms with Gasteiger partial charge >= 0.3 is 6.18 Å². The first-order valence-electron chi connectivity index (χ1n) is 3.92. The lowest BCUT2D eigenvalue weighted by Crippen LogP contribution is -2.24. The van der Waals surface area contributed by atoms with Crippen LogP contribution in [0.15, 0.2) is 12.1 Å². The fourth-order valence-electron chi connectivity index (χ4n) is 1.03. The van der Waals surface area contributed by atoms with Crippen molar-refractivity contribution in [1.82, 2.24) is 0 Å². The second-order valence-electron chi connectivity index (χ2n) is 2.80.